The largest absolute Gasteiger partial charge is 0.464 e. The monoisotopic (exact) mass is 270 g/mol. The number of ether oxygens (including phenoxy) is 1. The summed E-state index contributed by atoms with van der Waals surface area (Å²) >= 11 is 0. The molecule has 0 saturated heterocycles. The first-order chi connectivity index (χ1) is 9.70. The van der Waals surface area contributed by atoms with Crippen molar-refractivity contribution in [3.8, 4) is 0 Å². The van der Waals surface area contributed by atoms with Gasteiger partial charge in [-0.25, -0.2) is 4.79 Å². The molecule has 1 aromatic heterocycles. The number of esters is 1. The minimum absolute atomic E-state index is 0.304. The van der Waals surface area contributed by atoms with Crippen molar-refractivity contribution in [1.29, 1.82) is 0 Å². The van der Waals surface area contributed by atoms with Gasteiger partial charge in [-0.1, -0.05) is 24.3 Å². The van der Waals surface area contributed by atoms with Crippen molar-refractivity contribution in [3.63, 3.8) is 0 Å². The minimum Gasteiger partial charge on any atom is -0.464 e. The Hall–Kier alpha value is -2.36. The van der Waals surface area contributed by atoms with E-state index in [1.807, 2.05) is 49.4 Å². The molecule has 0 aliphatic carbocycles. The molecule has 1 N–H and O–H groups in total. The second kappa shape index (κ2) is 6.70. The molecule has 2 rings (SSSR count). The van der Waals surface area contributed by atoms with Gasteiger partial charge in [-0.15, -0.1) is 0 Å². The minimum atomic E-state index is -0.551. The average Bonchev–Trinajstić information content (AvgIpc) is 2.47. The highest BCUT2D eigenvalue weighted by molar-refractivity contribution is 5.81. The van der Waals surface area contributed by atoms with Crippen molar-refractivity contribution in [2.45, 2.75) is 19.9 Å². The summed E-state index contributed by atoms with van der Waals surface area (Å²) in [6.07, 6.45) is 1.70. The van der Waals surface area contributed by atoms with Crippen LogP contribution in [0.15, 0.2) is 48.7 Å². The maximum atomic E-state index is 12.1. The Bertz CT molecular complexity index is 552. The Morgan fingerprint density at radius 2 is 2.00 bits per heavy atom. The fraction of sp³-hybridized carbons (Fsp3) is 0.250. The van der Waals surface area contributed by atoms with Crippen LogP contribution in [0.25, 0.3) is 0 Å². The van der Waals surface area contributed by atoms with Gasteiger partial charge < -0.3 is 10.1 Å². The van der Waals surface area contributed by atoms with Crippen molar-refractivity contribution in [3.05, 3.63) is 59.9 Å². The van der Waals surface area contributed by atoms with Gasteiger partial charge in [0.15, 0.2) is 6.04 Å². The Kier molecular flexibility index (Phi) is 4.71. The molecule has 0 fully saturated rings. The molecule has 1 heterocycles. The summed E-state index contributed by atoms with van der Waals surface area (Å²) in [5.74, 6) is -0.304. The Labute approximate surface area is 118 Å². The van der Waals surface area contributed by atoms with Crippen molar-refractivity contribution in [2.24, 2.45) is 0 Å². The van der Waals surface area contributed by atoms with Crippen molar-refractivity contribution < 1.29 is 9.53 Å². The van der Waals surface area contributed by atoms with Gasteiger partial charge in [-0.05, 0) is 32.0 Å². The standard InChI is InChI=1S/C16H18N2O2/c1-3-20-16(19)15(13-10-9-12(2)17-11-13)18-14-7-5-4-6-8-14/h4-11,15,18H,3H2,1-2H3. The van der Waals surface area contributed by atoms with Crippen LogP contribution >= 0.6 is 0 Å². The average molecular weight is 270 g/mol. The fourth-order valence-electron chi connectivity index (χ4n) is 1.85. The number of benzene rings is 1. The number of pyridine rings is 1. The predicted molar refractivity (Wildman–Crippen MR) is 78.4 cm³/mol. The first-order valence-corrected chi connectivity index (χ1v) is 6.61. The number of hydrogen-bond acceptors (Lipinski definition) is 4. The molecule has 0 spiro atoms. The summed E-state index contributed by atoms with van der Waals surface area (Å²) in [6, 6.07) is 12.8. The maximum Gasteiger partial charge on any atom is 0.333 e. The van der Waals surface area contributed by atoms with Crippen LogP contribution in [-0.2, 0) is 9.53 Å². The van der Waals surface area contributed by atoms with E-state index >= 15 is 0 Å². The molecule has 2 aromatic rings. The molecule has 4 heteroatoms. The molecule has 4 nitrogen and oxygen atoms in total. The highest BCUT2D eigenvalue weighted by Crippen LogP contribution is 2.20. The van der Waals surface area contributed by atoms with E-state index in [0.717, 1.165) is 16.9 Å². The van der Waals surface area contributed by atoms with Crippen LogP contribution in [0.2, 0.25) is 0 Å². The molecule has 104 valence electrons. The summed E-state index contributed by atoms with van der Waals surface area (Å²) in [4.78, 5) is 16.4. The van der Waals surface area contributed by atoms with E-state index in [2.05, 4.69) is 10.3 Å². The molecular weight excluding hydrogens is 252 g/mol. The van der Waals surface area contributed by atoms with Crippen molar-refractivity contribution >= 4 is 11.7 Å². The molecule has 0 saturated carbocycles. The van der Waals surface area contributed by atoms with Crippen molar-refractivity contribution in [1.82, 2.24) is 4.98 Å². The van der Waals surface area contributed by atoms with Crippen LogP contribution in [0.1, 0.15) is 24.2 Å². The topological polar surface area (TPSA) is 51.2 Å². The number of rotatable bonds is 5. The molecule has 1 atom stereocenters. The van der Waals surface area contributed by atoms with E-state index in [1.165, 1.54) is 0 Å². The quantitative estimate of drug-likeness (QED) is 0.848. The number of carbonyl (C=O) groups excluding carboxylic acids is 1. The predicted octanol–water partition coefficient (Wildman–Crippen LogP) is 3.11. The molecule has 0 amide bonds. The van der Waals surface area contributed by atoms with Crippen LogP contribution in [0.4, 0.5) is 5.69 Å². The molecule has 0 aliphatic heterocycles. The van der Waals surface area contributed by atoms with Crippen LogP contribution in [-0.4, -0.2) is 17.6 Å². The number of nitrogens with one attached hydrogen (secondary N) is 1. The van der Waals surface area contributed by atoms with Crippen LogP contribution < -0.4 is 5.32 Å². The number of aromatic nitrogens is 1. The Morgan fingerprint density at radius 3 is 2.60 bits per heavy atom. The SMILES string of the molecule is CCOC(=O)C(Nc1ccccc1)c1ccc(C)nc1. The molecule has 0 aliphatic rings. The second-order valence-electron chi connectivity index (χ2n) is 4.43. The van der Waals surface area contributed by atoms with E-state index in [4.69, 9.17) is 4.74 Å². The zero-order chi connectivity index (χ0) is 14.4. The lowest BCUT2D eigenvalue weighted by molar-refractivity contribution is -0.144. The number of para-hydroxylation sites is 1. The molecule has 1 aromatic carbocycles. The smallest absolute Gasteiger partial charge is 0.333 e. The third-order valence-electron chi connectivity index (χ3n) is 2.87. The number of carbonyl (C=O) groups is 1. The van der Waals surface area contributed by atoms with Gasteiger partial charge in [-0.3, -0.25) is 4.98 Å². The van der Waals surface area contributed by atoms with Crippen LogP contribution in [0, 0.1) is 6.92 Å². The van der Waals surface area contributed by atoms with E-state index in [9.17, 15) is 4.79 Å². The van der Waals surface area contributed by atoms with Gasteiger partial charge in [0.05, 0.1) is 6.61 Å². The summed E-state index contributed by atoms with van der Waals surface area (Å²) < 4.78 is 5.13. The van der Waals surface area contributed by atoms with E-state index in [1.54, 1.807) is 13.1 Å². The van der Waals surface area contributed by atoms with Gasteiger partial charge in [0, 0.05) is 23.1 Å². The lowest BCUT2D eigenvalue weighted by Crippen LogP contribution is -2.23. The van der Waals surface area contributed by atoms with Crippen LogP contribution in [0.3, 0.4) is 0 Å². The normalized spacial score (nSPS) is 11.7. The van der Waals surface area contributed by atoms with Gasteiger partial charge in [-0.2, -0.15) is 0 Å². The highest BCUT2D eigenvalue weighted by atomic mass is 16.5. The summed E-state index contributed by atoms with van der Waals surface area (Å²) in [7, 11) is 0. The first kappa shape index (κ1) is 14.1. The van der Waals surface area contributed by atoms with Crippen LogP contribution in [0.5, 0.6) is 0 Å². The zero-order valence-electron chi connectivity index (χ0n) is 11.7. The zero-order valence-corrected chi connectivity index (χ0v) is 11.7. The third-order valence-corrected chi connectivity index (χ3v) is 2.87. The molecule has 20 heavy (non-hydrogen) atoms. The first-order valence-electron chi connectivity index (χ1n) is 6.61. The highest BCUT2D eigenvalue weighted by Gasteiger charge is 2.22. The van der Waals surface area contributed by atoms with E-state index in [-0.39, 0.29) is 5.97 Å². The number of hydrogen-bond donors (Lipinski definition) is 1. The van der Waals surface area contributed by atoms with Gasteiger partial charge in [0.1, 0.15) is 0 Å². The fourth-order valence-corrected chi connectivity index (χ4v) is 1.85. The summed E-state index contributed by atoms with van der Waals surface area (Å²) in [5.41, 5.74) is 2.57. The molecule has 1 unspecified atom stereocenters. The number of anilines is 1. The van der Waals surface area contributed by atoms with E-state index in [0.29, 0.717) is 6.61 Å². The lowest BCUT2D eigenvalue weighted by Gasteiger charge is -2.18. The van der Waals surface area contributed by atoms with E-state index < -0.39 is 6.04 Å². The van der Waals surface area contributed by atoms with Gasteiger partial charge in [0.2, 0.25) is 0 Å². The lowest BCUT2D eigenvalue weighted by atomic mass is 10.1. The Balaban J connectivity index is 2.25. The number of nitrogens with zero attached hydrogens (tertiary/aromatic N) is 1. The molecule has 0 radical (unpaired) electrons. The second-order valence-corrected chi connectivity index (χ2v) is 4.43. The van der Waals surface area contributed by atoms with Gasteiger partial charge >= 0.3 is 5.97 Å². The molecular formula is C16H18N2O2. The Morgan fingerprint density at radius 1 is 1.25 bits per heavy atom. The summed E-state index contributed by atoms with van der Waals surface area (Å²) in [5, 5.41) is 3.18. The third kappa shape index (κ3) is 3.57. The summed E-state index contributed by atoms with van der Waals surface area (Å²) in [6.45, 7) is 4.06. The molecule has 0 bridgehead atoms. The van der Waals surface area contributed by atoms with Crippen molar-refractivity contribution in [2.75, 3.05) is 11.9 Å². The number of aryl methyl sites for hydroxylation is 1. The van der Waals surface area contributed by atoms with Gasteiger partial charge in [0.25, 0.3) is 0 Å². The maximum absolute atomic E-state index is 12.1.